The average molecular weight is 395 g/mol. The van der Waals surface area contributed by atoms with Gasteiger partial charge in [0.15, 0.2) is 5.82 Å². The molecule has 0 N–H and O–H groups in total. The molecule has 0 saturated carbocycles. The number of amides is 1. The van der Waals surface area contributed by atoms with Gasteiger partial charge in [0.05, 0.1) is 19.2 Å². The molecular weight excluding hydrogens is 374 g/mol. The maximum absolute atomic E-state index is 13.4. The summed E-state index contributed by atoms with van der Waals surface area (Å²) >= 11 is 0. The molecule has 0 spiro atoms. The highest BCUT2D eigenvalue weighted by atomic mass is 16.5. The van der Waals surface area contributed by atoms with E-state index in [-0.39, 0.29) is 5.91 Å². The van der Waals surface area contributed by atoms with Gasteiger partial charge in [-0.2, -0.15) is 0 Å². The number of hydrogen-bond acceptors (Lipinski definition) is 4. The maximum Gasteiger partial charge on any atom is 0.261 e. The first-order valence-corrected chi connectivity index (χ1v) is 9.62. The molecule has 0 fully saturated rings. The van der Waals surface area contributed by atoms with Crippen LogP contribution in [0.4, 0.5) is 5.69 Å². The molecule has 4 aromatic rings. The number of rotatable bonds is 6. The van der Waals surface area contributed by atoms with Crippen molar-refractivity contribution in [2.75, 3.05) is 12.0 Å². The molecule has 0 aliphatic heterocycles. The second kappa shape index (κ2) is 9.01. The first kappa shape index (κ1) is 19.3. The Morgan fingerprint density at radius 3 is 2.03 bits per heavy atom. The summed E-state index contributed by atoms with van der Waals surface area (Å²) in [5.74, 6) is 1.16. The van der Waals surface area contributed by atoms with E-state index in [1.54, 1.807) is 24.4 Å². The van der Waals surface area contributed by atoms with Gasteiger partial charge in [-0.25, -0.2) is 9.97 Å². The smallest absolute Gasteiger partial charge is 0.261 e. The Morgan fingerprint density at radius 1 is 0.833 bits per heavy atom. The standard InChI is InChI=1S/C25H21N3O2/c1-30-23-14-12-22(13-15-23)28(18-19-8-4-2-5-9-19)25(29)21-16-26-24(27-17-21)20-10-6-3-7-11-20/h2-17H,18H2,1H3. The van der Waals surface area contributed by atoms with Gasteiger partial charge in [-0.05, 0) is 29.8 Å². The van der Waals surface area contributed by atoms with E-state index < -0.39 is 0 Å². The Bertz CT molecular complexity index is 1100. The van der Waals surface area contributed by atoms with E-state index in [2.05, 4.69) is 9.97 Å². The van der Waals surface area contributed by atoms with E-state index in [9.17, 15) is 4.79 Å². The lowest BCUT2D eigenvalue weighted by molar-refractivity contribution is 0.0984. The SMILES string of the molecule is COc1ccc(N(Cc2ccccc2)C(=O)c2cnc(-c3ccccc3)nc2)cc1. The zero-order valence-corrected chi connectivity index (χ0v) is 16.6. The summed E-state index contributed by atoms with van der Waals surface area (Å²) in [6.45, 7) is 0.437. The van der Waals surface area contributed by atoms with Crippen molar-refractivity contribution in [1.82, 2.24) is 9.97 Å². The van der Waals surface area contributed by atoms with Crippen LogP contribution in [0.5, 0.6) is 5.75 Å². The van der Waals surface area contributed by atoms with Crippen LogP contribution in [0.2, 0.25) is 0 Å². The molecule has 4 rings (SSSR count). The van der Waals surface area contributed by atoms with Crippen LogP contribution in [0.15, 0.2) is 97.3 Å². The quantitative estimate of drug-likeness (QED) is 0.461. The van der Waals surface area contributed by atoms with E-state index in [1.165, 1.54) is 0 Å². The summed E-state index contributed by atoms with van der Waals surface area (Å²) in [7, 11) is 1.62. The Hall–Kier alpha value is -3.99. The van der Waals surface area contributed by atoms with Crippen molar-refractivity contribution in [3.05, 3.63) is 108 Å². The third-order valence-electron chi connectivity index (χ3n) is 4.74. The van der Waals surface area contributed by atoms with Crippen molar-refractivity contribution >= 4 is 11.6 Å². The lowest BCUT2D eigenvalue weighted by Crippen LogP contribution is -2.30. The van der Waals surface area contributed by atoms with Gasteiger partial charge in [0.25, 0.3) is 5.91 Å². The Labute approximate surface area is 175 Å². The summed E-state index contributed by atoms with van der Waals surface area (Å²) in [6, 6.07) is 27.0. The van der Waals surface area contributed by atoms with Crippen LogP contribution in [0.1, 0.15) is 15.9 Å². The van der Waals surface area contributed by atoms with Crippen LogP contribution in [-0.2, 0) is 6.54 Å². The first-order chi connectivity index (χ1) is 14.7. The molecule has 1 amide bonds. The number of benzene rings is 3. The molecule has 1 heterocycles. The van der Waals surface area contributed by atoms with Crippen molar-refractivity contribution < 1.29 is 9.53 Å². The molecule has 30 heavy (non-hydrogen) atoms. The van der Waals surface area contributed by atoms with Crippen molar-refractivity contribution in [2.24, 2.45) is 0 Å². The Morgan fingerprint density at radius 2 is 1.43 bits per heavy atom. The van der Waals surface area contributed by atoms with Crippen LogP contribution in [0.3, 0.4) is 0 Å². The third kappa shape index (κ3) is 4.36. The maximum atomic E-state index is 13.4. The largest absolute Gasteiger partial charge is 0.497 e. The van der Waals surface area contributed by atoms with Gasteiger partial charge in [0, 0.05) is 23.6 Å². The monoisotopic (exact) mass is 395 g/mol. The Balaban J connectivity index is 1.64. The van der Waals surface area contributed by atoms with Crippen LogP contribution >= 0.6 is 0 Å². The molecule has 0 bridgehead atoms. The highest BCUT2D eigenvalue weighted by Crippen LogP contribution is 2.23. The number of aromatic nitrogens is 2. The number of methoxy groups -OCH3 is 1. The number of ether oxygens (including phenoxy) is 1. The molecule has 0 aliphatic carbocycles. The van der Waals surface area contributed by atoms with E-state index in [1.807, 2.05) is 84.9 Å². The number of carbonyl (C=O) groups is 1. The van der Waals surface area contributed by atoms with Crippen LogP contribution < -0.4 is 9.64 Å². The van der Waals surface area contributed by atoms with Gasteiger partial charge in [-0.15, -0.1) is 0 Å². The summed E-state index contributed by atoms with van der Waals surface area (Å²) in [6.07, 6.45) is 3.17. The molecule has 3 aromatic carbocycles. The lowest BCUT2D eigenvalue weighted by Gasteiger charge is -2.23. The molecule has 0 aliphatic rings. The predicted octanol–water partition coefficient (Wildman–Crippen LogP) is 5.00. The zero-order chi connectivity index (χ0) is 20.8. The molecule has 0 radical (unpaired) electrons. The average Bonchev–Trinajstić information content (AvgIpc) is 2.83. The molecular formula is C25H21N3O2. The predicted molar refractivity (Wildman–Crippen MR) is 117 cm³/mol. The number of anilines is 1. The van der Waals surface area contributed by atoms with Gasteiger partial charge in [-0.1, -0.05) is 60.7 Å². The zero-order valence-electron chi connectivity index (χ0n) is 16.6. The van der Waals surface area contributed by atoms with Gasteiger partial charge >= 0.3 is 0 Å². The summed E-state index contributed by atoms with van der Waals surface area (Å²) in [4.78, 5) is 23.9. The van der Waals surface area contributed by atoms with Crippen molar-refractivity contribution in [3.8, 4) is 17.1 Å². The van der Waals surface area contributed by atoms with Crippen LogP contribution in [0.25, 0.3) is 11.4 Å². The van der Waals surface area contributed by atoms with E-state index in [0.717, 1.165) is 22.6 Å². The third-order valence-corrected chi connectivity index (χ3v) is 4.74. The second-order valence-corrected chi connectivity index (χ2v) is 6.74. The number of carbonyl (C=O) groups excluding carboxylic acids is 1. The van der Waals surface area contributed by atoms with Crippen molar-refractivity contribution in [3.63, 3.8) is 0 Å². The molecule has 0 saturated heterocycles. The summed E-state index contributed by atoms with van der Waals surface area (Å²) in [5.41, 5.74) is 3.15. The van der Waals surface area contributed by atoms with Crippen LogP contribution in [0, 0.1) is 0 Å². The van der Waals surface area contributed by atoms with E-state index in [0.29, 0.717) is 17.9 Å². The number of hydrogen-bond donors (Lipinski definition) is 0. The lowest BCUT2D eigenvalue weighted by atomic mass is 10.1. The molecule has 1 aromatic heterocycles. The highest BCUT2D eigenvalue weighted by molar-refractivity contribution is 6.05. The van der Waals surface area contributed by atoms with Gasteiger partial charge < -0.3 is 9.64 Å². The molecule has 5 nitrogen and oxygen atoms in total. The van der Waals surface area contributed by atoms with Crippen molar-refractivity contribution in [1.29, 1.82) is 0 Å². The van der Waals surface area contributed by atoms with Gasteiger partial charge in [0.1, 0.15) is 5.75 Å². The molecule has 5 heteroatoms. The first-order valence-electron chi connectivity index (χ1n) is 9.62. The van der Waals surface area contributed by atoms with Crippen molar-refractivity contribution in [2.45, 2.75) is 6.54 Å². The molecule has 0 atom stereocenters. The molecule has 148 valence electrons. The topological polar surface area (TPSA) is 55.3 Å². The van der Waals surface area contributed by atoms with Gasteiger partial charge in [0.2, 0.25) is 0 Å². The second-order valence-electron chi connectivity index (χ2n) is 6.74. The van der Waals surface area contributed by atoms with Crippen LogP contribution in [-0.4, -0.2) is 23.0 Å². The minimum Gasteiger partial charge on any atom is -0.497 e. The van der Waals surface area contributed by atoms with Gasteiger partial charge in [-0.3, -0.25) is 4.79 Å². The highest BCUT2D eigenvalue weighted by Gasteiger charge is 2.19. The Kier molecular flexibility index (Phi) is 5.80. The summed E-state index contributed by atoms with van der Waals surface area (Å²) < 4.78 is 5.24. The minimum atomic E-state index is -0.163. The normalized spacial score (nSPS) is 10.4. The van der Waals surface area contributed by atoms with E-state index >= 15 is 0 Å². The number of nitrogens with zero attached hydrogens (tertiary/aromatic N) is 3. The fraction of sp³-hybridized carbons (Fsp3) is 0.0800. The molecule has 0 unspecified atom stereocenters. The fourth-order valence-electron chi connectivity index (χ4n) is 3.14. The summed E-state index contributed by atoms with van der Waals surface area (Å²) in [5, 5.41) is 0. The fourth-order valence-corrected chi connectivity index (χ4v) is 3.14. The van der Waals surface area contributed by atoms with E-state index in [4.69, 9.17) is 4.74 Å². The minimum absolute atomic E-state index is 0.163.